The Kier molecular flexibility index (Phi) is 5.68. The summed E-state index contributed by atoms with van der Waals surface area (Å²) in [5.74, 6) is 5.07. The lowest BCUT2D eigenvalue weighted by atomic mass is 9.80. The van der Waals surface area contributed by atoms with Crippen LogP contribution in [0.1, 0.15) is 45.4 Å². The van der Waals surface area contributed by atoms with Gasteiger partial charge in [0.05, 0.1) is 0 Å². The van der Waals surface area contributed by atoms with Crippen molar-refractivity contribution in [3.8, 4) is 11.2 Å². The number of rotatable bonds is 3. The first-order valence-corrected chi connectivity index (χ1v) is 7.92. The fourth-order valence-electron chi connectivity index (χ4n) is 2.66. The van der Waals surface area contributed by atoms with Crippen LogP contribution in [-0.2, 0) is 0 Å². The van der Waals surface area contributed by atoms with Gasteiger partial charge in [-0.15, -0.1) is 0 Å². The van der Waals surface area contributed by atoms with Crippen LogP contribution in [0.5, 0.6) is 0 Å². The molecule has 0 atom stereocenters. The average molecular weight is 258 g/mol. The molecule has 1 fully saturated rings. The van der Waals surface area contributed by atoms with Crippen molar-refractivity contribution in [1.82, 2.24) is 0 Å². The second-order valence-corrected chi connectivity index (χ2v) is 6.05. The molecule has 1 aromatic rings. The SMILES string of the molecule is CCCC1CCC(C#CSc2ccccc2)CC1. The van der Waals surface area contributed by atoms with Gasteiger partial charge in [0.1, 0.15) is 0 Å². The van der Waals surface area contributed by atoms with E-state index < -0.39 is 0 Å². The zero-order valence-corrected chi connectivity index (χ0v) is 12.0. The lowest BCUT2D eigenvalue weighted by Gasteiger charge is -2.25. The first kappa shape index (κ1) is 13.6. The van der Waals surface area contributed by atoms with Gasteiger partial charge in [0.2, 0.25) is 0 Å². The molecule has 0 aromatic heterocycles. The third-order valence-electron chi connectivity index (χ3n) is 3.72. The number of hydrogen-bond acceptors (Lipinski definition) is 1. The minimum atomic E-state index is 0.648. The minimum absolute atomic E-state index is 0.648. The quantitative estimate of drug-likeness (QED) is 0.520. The molecule has 0 heterocycles. The summed E-state index contributed by atoms with van der Waals surface area (Å²) < 4.78 is 0. The molecule has 0 unspecified atom stereocenters. The van der Waals surface area contributed by atoms with Crippen molar-refractivity contribution in [2.75, 3.05) is 0 Å². The van der Waals surface area contributed by atoms with E-state index in [1.807, 2.05) is 6.07 Å². The average Bonchev–Trinajstić information content (AvgIpc) is 2.42. The number of thioether (sulfide) groups is 1. The van der Waals surface area contributed by atoms with E-state index >= 15 is 0 Å². The molecule has 0 N–H and O–H groups in total. The summed E-state index contributed by atoms with van der Waals surface area (Å²) in [6, 6.07) is 10.4. The Bertz CT molecular complexity index is 391. The first-order valence-electron chi connectivity index (χ1n) is 7.11. The van der Waals surface area contributed by atoms with Gasteiger partial charge in [0.15, 0.2) is 0 Å². The molecule has 1 heteroatoms. The molecule has 2 rings (SSSR count). The maximum atomic E-state index is 3.45. The second-order valence-electron chi connectivity index (χ2n) is 5.17. The lowest BCUT2D eigenvalue weighted by Crippen LogP contribution is -2.12. The van der Waals surface area contributed by atoms with Gasteiger partial charge in [0, 0.05) is 10.8 Å². The van der Waals surface area contributed by atoms with Gasteiger partial charge in [0.25, 0.3) is 0 Å². The summed E-state index contributed by atoms with van der Waals surface area (Å²) in [5.41, 5.74) is 0. The van der Waals surface area contributed by atoms with E-state index in [1.54, 1.807) is 11.8 Å². The summed E-state index contributed by atoms with van der Waals surface area (Å²) in [5, 5.41) is 3.28. The van der Waals surface area contributed by atoms with E-state index in [4.69, 9.17) is 0 Å². The molecule has 18 heavy (non-hydrogen) atoms. The Morgan fingerprint density at radius 1 is 1.11 bits per heavy atom. The molecule has 96 valence electrons. The van der Waals surface area contributed by atoms with Gasteiger partial charge in [-0.05, 0) is 60.7 Å². The predicted octanol–water partition coefficient (Wildman–Crippen LogP) is 5.35. The Morgan fingerprint density at radius 3 is 2.50 bits per heavy atom. The smallest absolute Gasteiger partial charge is 0.0212 e. The van der Waals surface area contributed by atoms with Crippen LogP contribution < -0.4 is 0 Å². The third-order valence-corrected chi connectivity index (χ3v) is 4.45. The molecular weight excluding hydrogens is 236 g/mol. The highest BCUT2D eigenvalue weighted by Gasteiger charge is 2.18. The fraction of sp³-hybridized carbons (Fsp3) is 0.529. The monoisotopic (exact) mass is 258 g/mol. The topological polar surface area (TPSA) is 0 Å². The molecule has 0 amide bonds. The minimum Gasteiger partial charge on any atom is -0.0875 e. The molecule has 0 saturated heterocycles. The normalized spacial score (nSPS) is 23.2. The molecule has 0 bridgehead atoms. The molecule has 0 radical (unpaired) electrons. The molecule has 1 aromatic carbocycles. The predicted molar refractivity (Wildman–Crippen MR) is 80.4 cm³/mol. The number of benzene rings is 1. The van der Waals surface area contributed by atoms with Crippen molar-refractivity contribution in [2.24, 2.45) is 11.8 Å². The number of hydrogen-bond donors (Lipinski definition) is 0. The van der Waals surface area contributed by atoms with Gasteiger partial charge in [-0.2, -0.15) is 0 Å². The fourth-order valence-corrected chi connectivity index (χ4v) is 3.30. The molecule has 0 aliphatic heterocycles. The largest absolute Gasteiger partial charge is 0.0875 e. The maximum Gasteiger partial charge on any atom is 0.0212 e. The van der Waals surface area contributed by atoms with E-state index in [2.05, 4.69) is 42.4 Å². The summed E-state index contributed by atoms with van der Waals surface area (Å²) in [6.45, 7) is 2.29. The van der Waals surface area contributed by atoms with Crippen LogP contribution in [0.4, 0.5) is 0 Å². The van der Waals surface area contributed by atoms with Crippen molar-refractivity contribution < 1.29 is 0 Å². The Hall–Kier alpha value is -0.870. The summed E-state index contributed by atoms with van der Waals surface area (Å²) in [7, 11) is 0. The summed E-state index contributed by atoms with van der Waals surface area (Å²) in [6.07, 6.45) is 8.16. The van der Waals surface area contributed by atoms with Crippen LogP contribution >= 0.6 is 11.8 Å². The molecule has 0 nitrogen and oxygen atoms in total. The van der Waals surface area contributed by atoms with Crippen molar-refractivity contribution >= 4 is 11.8 Å². The van der Waals surface area contributed by atoms with Gasteiger partial charge >= 0.3 is 0 Å². The zero-order valence-electron chi connectivity index (χ0n) is 11.2. The highest BCUT2D eigenvalue weighted by Crippen LogP contribution is 2.31. The van der Waals surface area contributed by atoms with Crippen molar-refractivity contribution in [2.45, 2.75) is 50.3 Å². The van der Waals surface area contributed by atoms with Crippen molar-refractivity contribution in [3.05, 3.63) is 30.3 Å². The highest BCUT2D eigenvalue weighted by atomic mass is 32.2. The molecular formula is C17H22S. The van der Waals surface area contributed by atoms with Gasteiger partial charge in [-0.3, -0.25) is 0 Å². The highest BCUT2D eigenvalue weighted by molar-refractivity contribution is 8.03. The van der Waals surface area contributed by atoms with E-state index in [1.165, 1.54) is 43.4 Å². The van der Waals surface area contributed by atoms with E-state index in [0.29, 0.717) is 5.92 Å². The Morgan fingerprint density at radius 2 is 1.83 bits per heavy atom. The van der Waals surface area contributed by atoms with E-state index in [0.717, 1.165) is 5.92 Å². The van der Waals surface area contributed by atoms with Crippen LogP contribution in [0, 0.1) is 23.0 Å². The van der Waals surface area contributed by atoms with Crippen LogP contribution in [0.2, 0.25) is 0 Å². The molecule has 1 saturated carbocycles. The van der Waals surface area contributed by atoms with Gasteiger partial charge in [-0.1, -0.05) is 43.9 Å². The Labute approximate surface area is 116 Å². The molecule has 1 aliphatic rings. The van der Waals surface area contributed by atoms with Crippen LogP contribution in [0.3, 0.4) is 0 Å². The Balaban J connectivity index is 1.75. The van der Waals surface area contributed by atoms with Crippen LogP contribution in [0.25, 0.3) is 0 Å². The van der Waals surface area contributed by atoms with Crippen LogP contribution in [-0.4, -0.2) is 0 Å². The maximum absolute atomic E-state index is 3.45. The van der Waals surface area contributed by atoms with Crippen LogP contribution in [0.15, 0.2) is 35.2 Å². The standard InChI is InChI=1S/C17H22S/c1-2-6-15-9-11-16(12-10-15)13-14-18-17-7-4-3-5-8-17/h3-5,7-8,15-16H,2,6,9-12H2,1H3. The summed E-state index contributed by atoms with van der Waals surface area (Å²) in [4.78, 5) is 1.25. The van der Waals surface area contributed by atoms with Crippen molar-refractivity contribution in [1.29, 1.82) is 0 Å². The lowest BCUT2D eigenvalue weighted by molar-refractivity contribution is 0.300. The van der Waals surface area contributed by atoms with E-state index in [-0.39, 0.29) is 0 Å². The van der Waals surface area contributed by atoms with Gasteiger partial charge < -0.3 is 0 Å². The molecule has 1 aliphatic carbocycles. The third kappa shape index (κ3) is 4.42. The first-order chi connectivity index (χ1) is 8.88. The molecule has 0 spiro atoms. The summed E-state index contributed by atoms with van der Waals surface area (Å²) >= 11 is 1.66. The van der Waals surface area contributed by atoms with E-state index in [9.17, 15) is 0 Å². The van der Waals surface area contributed by atoms with Gasteiger partial charge in [-0.25, -0.2) is 0 Å². The zero-order chi connectivity index (χ0) is 12.6. The second kappa shape index (κ2) is 7.54. The van der Waals surface area contributed by atoms with Crippen molar-refractivity contribution in [3.63, 3.8) is 0 Å².